The molecule has 3 rings (SSSR count). The van der Waals surface area contributed by atoms with Crippen LogP contribution in [-0.2, 0) is 4.74 Å². The molecule has 0 saturated carbocycles. The normalized spacial score (nSPS) is 10.8. The average molecular weight is 314 g/mol. The Morgan fingerprint density at radius 3 is 2.78 bits per heavy atom. The minimum absolute atomic E-state index is 0.207. The van der Waals surface area contributed by atoms with Crippen LogP contribution >= 0.6 is 0 Å². The van der Waals surface area contributed by atoms with Crippen molar-refractivity contribution in [1.29, 1.82) is 0 Å². The van der Waals surface area contributed by atoms with Crippen LogP contribution in [0.15, 0.2) is 36.7 Å². The van der Waals surface area contributed by atoms with Gasteiger partial charge in [0.1, 0.15) is 17.2 Å². The number of carbonyl (C=O) groups excluding carboxylic acids is 1. The molecule has 0 amide bonds. The van der Waals surface area contributed by atoms with Gasteiger partial charge >= 0.3 is 5.97 Å². The number of halogens is 1. The number of methoxy groups -OCH3 is 2. The molecule has 2 heterocycles. The number of imidazole rings is 1. The van der Waals surface area contributed by atoms with Gasteiger partial charge in [0.15, 0.2) is 0 Å². The van der Waals surface area contributed by atoms with Gasteiger partial charge in [-0.2, -0.15) is 0 Å². The summed E-state index contributed by atoms with van der Waals surface area (Å²) in [6.07, 6.45) is 3.28. The molecule has 0 fully saturated rings. The van der Waals surface area contributed by atoms with E-state index in [1.165, 1.54) is 20.3 Å². The van der Waals surface area contributed by atoms with E-state index >= 15 is 0 Å². The molecule has 0 N–H and O–H groups in total. The molecule has 5 nitrogen and oxygen atoms in total. The lowest BCUT2D eigenvalue weighted by Gasteiger charge is -2.14. The molecule has 0 saturated heterocycles. The van der Waals surface area contributed by atoms with E-state index in [9.17, 15) is 9.18 Å². The van der Waals surface area contributed by atoms with Gasteiger partial charge in [0.25, 0.3) is 0 Å². The van der Waals surface area contributed by atoms with E-state index in [0.29, 0.717) is 17.0 Å². The summed E-state index contributed by atoms with van der Waals surface area (Å²) in [6.45, 7) is 1.87. The van der Waals surface area contributed by atoms with E-state index in [1.807, 2.05) is 6.92 Å². The molecular weight excluding hydrogens is 299 g/mol. The number of nitrogens with zero attached hydrogens (tertiary/aromatic N) is 2. The molecule has 23 heavy (non-hydrogen) atoms. The zero-order chi connectivity index (χ0) is 16.6. The first kappa shape index (κ1) is 15.0. The van der Waals surface area contributed by atoms with Crippen molar-refractivity contribution in [3.63, 3.8) is 0 Å². The van der Waals surface area contributed by atoms with E-state index in [2.05, 4.69) is 4.98 Å². The quantitative estimate of drug-likeness (QED) is 0.696. The second kappa shape index (κ2) is 5.72. The van der Waals surface area contributed by atoms with E-state index in [0.717, 1.165) is 5.69 Å². The molecule has 0 aliphatic rings. The van der Waals surface area contributed by atoms with E-state index in [-0.39, 0.29) is 11.1 Å². The molecule has 0 unspecified atom stereocenters. The Bertz CT molecular complexity index is 902. The first-order valence-electron chi connectivity index (χ1n) is 6.95. The topological polar surface area (TPSA) is 52.8 Å². The molecule has 0 spiro atoms. The minimum Gasteiger partial charge on any atom is -0.496 e. The summed E-state index contributed by atoms with van der Waals surface area (Å²) in [7, 11) is 2.74. The van der Waals surface area contributed by atoms with Crippen molar-refractivity contribution in [2.24, 2.45) is 0 Å². The van der Waals surface area contributed by atoms with Gasteiger partial charge in [-0.1, -0.05) is 6.07 Å². The maximum atomic E-state index is 14.4. The highest BCUT2D eigenvalue weighted by Crippen LogP contribution is 2.35. The van der Waals surface area contributed by atoms with Gasteiger partial charge in [-0.15, -0.1) is 0 Å². The maximum Gasteiger partial charge on any atom is 0.340 e. The SMILES string of the molecule is COC(=O)c1cn2c(C)cnc2cc1-c1c(F)cccc1OC. The standard InChI is InChI=1S/C17H15FN2O3/c1-10-8-19-15-7-11(12(9-20(10)15)17(21)23-3)16-13(18)5-4-6-14(16)22-2/h4-9H,1-3H3. The van der Waals surface area contributed by atoms with Gasteiger partial charge < -0.3 is 13.9 Å². The number of hydrogen-bond donors (Lipinski definition) is 0. The third kappa shape index (κ3) is 2.42. The van der Waals surface area contributed by atoms with Gasteiger partial charge in [0.2, 0.25) is 0 Å². The van der Waals surface area contributed by atoms with Crippen LogP contribution < -0.4 is 4.74 Å². The lowest BCUT2D eigenvalue weighted by atomic mass is 10.00. The molecule has 2 aromatic heterocycles. The Kier molecular flexibility index (Phi) is 3.73. The number of fused-ring (bicyclic) bond motifs is 1. The first-order chi connectivity index (χ1) is 11.1. The van der Waals surface area contributed by atoms with Gasteiger partial charge in [0.05, 0.1) is 25.3 Å². The summed E-state index contributed by atoms with van der Waals surface area (Å²) in [6, 6.07) is 6.16. The minimum atomic E-state index is -0.555. The van der Waals surface area contributed by atoms with Gasteiger partial charge in [-0.3, -0.25) is 0 Å². The lowest BCUT2D eigenvalue weighted by molar-refractivity contribution is 0.0601. The predicted octanol–water partition coefficient (Wildman–Crippen LogP) is 3.24. The fraction of sp³-hybridized carbons (Fsp3) is 0.176. The molecule has 0 aliphatic carbocycles. The highest BCUT2D eigenvalue weighted by atomic mass is 19.1. The summed E-state index contributed by atoms with van der Waals surface area (Å²) in [4.78, 5) is 16.4. The second-order valence-electron chi connectivity index (χ2n) is 5.04. The van der Waals surface area contributed by atoms with Crippen LogP contribution in [-0.4, -0.2) is 29.6 Å². The fourth-order valence-electron chi connectivity index (χ4n) is 2.56. The molecule has 0 bridgehead atoms. The molecule has 118 valence electrons. The van der Waals surface area contributed by atoms with Crippen LogP contribution in [0.25, 0.3) is 16.8 Å². The van der Waals surface area contributed by atoms with E-state index in [1.54, 1.807) is 35.0 Å². The Balaban J connectivity index is 2.38. The maximum absolute atomic E-state index is 14.4. The van der Waals surface area contributed by atoms with Crippen molar-refractivity contribution < 1.29 is 18.7 Å². The third-order valence-corrected chi connectivity index (χ3v) is 3.70. The van der Waals surface area contributed by atoms with Crippen LogP contribution in [0.3, 0.4) is 0 Å². The van der Waals surface area contributed by atoms with E-state index in [4.69, 9.17) is 9.47 Å². The molecular formula is C17H15FN2O3. The smallest absolute Gasteiger partial charge is 0.340 e. The molecule has 0 aliphatic heterocycles. The number of rotatable bonds is 3. The highest BCUT2D eigenvalue weighted by molar-refractivity contribution is 5.98. The zero-order valence-electron chi connectivity index (χ0n) is 13.0. The number of aryl methyl sites for hydroxylation is 1. The number of aromatic nitrogens is 2. The van der Waals surface area contributed by atoms with Crippen molar-refractivity contribution in [2.45, 2.75) is 6.92 Å². The largest absolute Gasteiger partial charge is 0.496 e. The zero-order valence-corrected chi connectivity index (χ0v) is 13.0. The van der Waals surface area contributed by atoms with Crippen molar-refractivity contribution in [2.75, 3.05) is 14.2 Å². The number of esters is 1. The molecule has 3 aromatic rings. The third-order valence-electron chi connectivity index (χ3n) is 3.70. The summed E-state index contributed by atoms with van der Waals surface area (Å²) >= 11 is 0. The van der Waals surface area contributed by atoms with Crippen molar-refractivity contribution in [1.82, 2.24) is 9.38 Å². The Hall–Kier alpha value is -2.89. The van der Waals surface area contributed by atoms with Crippen molar-refractivity contribution >= 4 is 11.6 Å². The average Bonchev–Trinajstić information content (AvgIpc) is 2.93. The fourth-order valence-corrected chi connectivity index (χ4v) is 2.56. The second-order valence-corrected chi connectivity index (χ2v) is 5.04. The predicted molar refractivity (Wildman–Crippen MR) is 83.2 cm³/mol. The van der Waals surface area contributed by atoms with Crippen LogP contribution in [0.5, 0.6) is 5.75 Å². The molecule has 0 atom stereocenters. The van der Waals surface area contributed by atoms with Gasteiger partial charge in [-0.05, 0) is 25.1 Å². The van der Waals surface area contributed by atoms with Crippen molar-refractivity contribution in [3.8, 4) is 16.9 Å². The number of carbonyl (C=O) groups is 1. The summed E-state index contributed by atoms with van der Waals surface area (Å²) in [5.41, 5.74) is 2.29. The number of hydrogen-bond acceptors (Lipinski definition) is 4. The monoisotopic (exact) mass is 314 g/mol. The summed E-state index contributed by atoms with van der Waals surface area (Å²) < 4.78 is 26.3. The summed E-state index contributed by atoms with van der Waals surface area (Å²) in [5, 5.41) is 0. The number of pyridine rings is 1. The van der Waals surface area contributed by atoms with Gasteiger partial charge in [0, 0.05) is 23.7 Å². The number of ether oxygens (including phenoxy) is 2. The Labute approximate surface area is 132 Å². The first-order valence-corrected chi connectivity index (χ1v) is 6.95. The van der Waals surface area contributed by atoms with Gasteiger partial charge in [-0.25, -0.2) is 14.2 Å². The van der Waals surface area contributed by atoms with Crippen LogP contribution in [0.1, 0.15) is 16.1 Å². The molecule has 0 radical (unpaired) electrons. The van der Waals surface area contributed by atoms with Crippen LogP contribution in [0.4, 0.5) is 4.39 Å². The molecule has 6 heteroatoms. The summed E-state index contributed by atoms with van der Waals surface area (Å²) in [5.74, 6) is -0.704. The lowest BCUT2D eigenvalue weighted by Crippen LogP contribution is -2.07. The van der Waals surface area contributed by atoms with Crippen LogP contribution in [0, 0.1) is 12.7 Å². The highest BCUT2D eigenvalue weighted by Gasteiger charge is 2.21. The molecule has 1 aromatic carbocycles. The van der Waals surface area contributed by atoms with E-state index < -0.39 is 11.8 Å². The Morgan fingerprint density at radius 1 is 1.30 bits per heavy atom. The Morgan fingerprint density at radius 2 is 2.09 bits per heavy atom. The van der Waals surface area contributed by atoms with Crippen LogP contribution in [0.2, 0.25) is 0 Å². The number of benzene rings is 1. The van der Waals surface area contributed by atoms with Crippen molar-refractivity contribution in [3.05, 3.63) is 53.7 Å².